The molecule has 2 heteroatoms. The van der Waals surface area contributed by atoms with E-state index in [1.54, 1.807) is 0 Å². The zero-order valence-corrected chi connectivity index (χ0v) is 10.9. The van der Waals surface area contributed by atoms with Gasteiger partial charge >= 0.3 is 0 Å². The smallest absolute Gasteiger partial charge is 0.145 e. The Kier molecular flexibility index (Phi) is 2.82. The molecule has 90 valence electrons. The van der Waals surface area contributed by atoms with Crippen LogP contribution in [0.15, 0.2) is 30.5 Å². The summed E-state index contributed by atoms with van der Waals surface area (Å²) in [6, 6.07) is 8.11. The van der Waals surface area contributed by atoms with Crippen LogP contribution >= 0.6 is 0 Å². The first-order valence-corrected chi connectivity index (χ1v) is 6.05. The van der Waals surface area contributed by atoms with Crippen molar-refractivity contribution < 1.29 is 4.79 Å². The molecule has 0 aliphatic carbocycles. The molecule has 1 aromatic carbocycles. The number of ketones is 1. The van der Waals surface area contributed by atoms with Crippen molar-refractivity contribution in [2.45, 2.75) is 33.1 Å². The van der Waals surface area contributed by atoms with Crippen LogP contribution in [0.25, 0.3) is 10.9 Å². The minimum Gasteiger partial charge on any atom is -0.361 e. The third-order valence-corrected chi connectivity index (χ3v) is 3.40. The SMILES string of the molecule is CC(C)C(=O)C(C)(C)c1c[nH]c2ccccc12. The van der Waals surface area contributed by atoms with Crippen molar-refractivity contribution >= 4 is 16.7 Å². The maximum atomic E-state index is 12.3. The second kappa shape index (κ2) is 4.02. The molecule has 1 N–H and O–H groups in total. The summed E-state index contributed by atoms with van der Waals surface area (Å²) in [5.41, 5.74) is 1.74. The Bertz CT molecular complexity index is 549. The standard InChI is InChI=1S/C15H19NO/c1-10(2)14(17)15(3,4)12-9-16-13-8-6-5-7-11(12)13/h5-10,16H,1-4H3. The van der Waals surface area contributed by atoms with Crippen molar-refractivity contribution in [1.82, 2.24) is 4.98 Å². The van der Waals surface area contributed by atoms with Crippen LogP contribution in [0.4, 0.5) is 0 Å². The second-order valence-corrected chi connectivity index (χ2v) is 5.39. The maximum Gasteiger partial charge on any atom is 0.145 e. The molecule has 0 aliphatic heterocycles. The van der Waals surface area contributed by atoms with E-state index in [9.17, 15) is 4.79 Å². The fraction of sp³-hybridized carbons (Fsp3) is 0.400. The topological polar surface area (TPSA) is 32.9 Å². The van der Waals surface area contributed by atoms with Gasteiger partial charge in [0.05, 0.1) is 5.41 Å². The number of rotatable bonds is 3. The van der Waals surface area contributed by atoms with Crippen LogP contribution < -0.4 is 0 Å². The van der Waals surface area contributed by atoms with Crippen LogP contribution in [-0.2, 0) is 10.2 Å². The lowest BCUT2D eigenvalue weighted by Gasteiger charge is -2.25. The molecule has 0 bridgehead atoms. The van der Waals surface area contributed by atoms with Gasteiger partial charge in [-0.1, -0.05) is 32.0 Å². The summed E-state index contributed by atoms with van der Waals surface area (Å²) in [6.45, 7) is 7.92. The van der Waals surface area contributed by atoms with E-state index < -0.39 is 5.41 Å². The van der Waals surface area contributed by atoms with Crippen LogP contribution in [0.1, 0.15) is 33.3 Å². The monoisotopic (exact) mass is 229 g/mol. The maximum absolute atomic E-state index is 12.3. The average molecular weight is 229 g/mol. The first-order chi connectivity index (χ1) is 7.94. The number of fused-ring (bicyclic) bond motifs is 1. The summed E-state index contributed by atoms with van der Waals surface area (Å²) in [5, 5.41) is 1.14. The lowest BCUT2D eigenvalue weighted by Crippen LogP contribution is -2.32. The van der Waals surface area contributed by atoms with Gasteiger partial charge in [-0.3, -0.25) is 4.79 Å². The van der Waals surface area contributed by atoms with Gasteiger partial charge in [0.25, 0.3) is 0 Å². The van der Waals surface area contributed by atoms with E-state index in [1.807, 2.05) is 52.1 Å². The van der Waals surface area contributed by atoms with Gasteiger partial charge in [-0.2, -0.15) is 0 Å². The Hall–Kier alpha value is -1.57. The number of hydrogen-bond acceptors (Lipinski definition) is 1. The second-order valence-electron chi connectivity index (χ2n) is 5.39. The predicted octanol–water partition coefficient (Wildman–Crippen LogP) is 3.67. The Labute approximate surface area is 102 Å². The minimum atomic E-state index is -0.437. The third-order valence-electron chi connectivity index (χ3n) is 3.40. The highest BCUT2D eigenvalue weighted by Gasteiger charge is 2.33. The molecule has 0 unspecified atom stereocenters. The van der Waals surface area contributed by atoms with E-state index in [4.69, 9.17) is 0 Å². The Balaban J connectivity index is 2.56. The number of hydrogen-bond donors (Lipinski definition) is 1. The number of benzene rings is 1. The molecule has 2 rings (SSSR count). The van der Waals surface area contributed by atoms with Crippen LogP contribution in [0.5, 0.6) is 0 Å². The molecule has 2 nitrogen and oxygen atoms in total. The molecule has 0 fully saturated rings. The first kappa shape index (κ1) is 11.9. The van der Waals surface area contributed by atoms with Crippen LogP contribution in [-0.4, -0.2) is 10.8 Å². The molecular weight excluding hydrogens is 210 g/mol. The molecule has 17 heavy (non-hydrogen) atoms. The van der Waals surface area contributed by atoms with Gasteiger partial charge in [0.1, 0.15) is 5.78 Å². The fourth-order valence-corrected chi connectivity index (χ4v) is 2.44. The summed E-state index contributed by atoms with van der Waals surface area (Å²) >= 11 is 0. The van der Waals surface area contributed by atoms with E-state index in [0.717, 1.165) is 16.5 Å². The van der Waals surface area contributed by atoms with Gasteiger partial charge in [0.2, 0.25) is 0 Å². The Morgan fingerprint density at radius 1 is 1.24 bits per heavy atom. The third kappa shape index (κ3) is 1.88. The summed E-state index contributed by atoms with van der Waals surface area (Å²) < 4.78 is 0. The number of aromatic amines is 1. The van der Waals surface area contributed by atoms with Crippen molar-refractivity contribution in [2.75, 3.05) is 0 Å². The molecule has 0 atom stereocenters. The number of para-hydroxylation sites is 1. The Morgan fingerprint density at radius 3 is 2.53 bits per heavy atom. The van der Waals surface area contributed by atoms with Crippen molar-refractivity contribution in [3.8, 4) is 0 Å². The molecule has 0 aliphatic rings. The molecule has 1 aromatic heterocycles. The summed E-state index contributed by atoms with van der Waals surface area (Å²) in [7, 11) is 0. The van der Waals surface area contributed by atoms with Gasteiger partial charge in [-0.15, -0.1) is 0 Å². The highest BCUT2D eigenvalue weighted by molar-refractivity contribution is 5.96. The summed E-state index contributed by atoms with van der Waals surface area (Å²) in [5.74, 6) is 0.334. The zero-order valence-electron chi connectivity index (χ0n) is 10.9. The number of aromatic nitrogens is 1. The number of Topliss-reactive ketones (excluding diaryl/α,β-unsaturated/α-hetero) is 1. The van der Waals surface area contributed by atoms with Crippen molar-refractivity contribution in [1.29, 1.82) is 0 Å². The van der Waals surface area contributed by atoms with E-state index in [0.29, 0.717) is 0 Å². The molecule has 0 spiro atoms. The van der Waals surface area contributed by atoms with Gasteiger partial charge < -0.3 is 4.98 Å². The van der Waals surface area contributed by atoms with Crippen LogP contribution in [0.3, 0.4) is 0 Å². The van der Waals surface area contributed by atoms with Gasteiger partial charge in [-0.25, -0.2) is 0 Å². The molecule has 0 saturated heterocycles. The quantitative estimate of drug-likeness (QED) is 0.855. The van der Waals surface area contributed by atoms with Crippen LogP contribution in [0.2, 0.25) is 0 Å². The van der Waals surface area contributed by atoms with Crippen molar-refractivity contribution in [3.63, 3.8) is 0 Å². The van der Waals surface area contributed by atoms with Gasteiger partial charge in [0, 0.05) is 23.0 Å². The normalized spacial score (nSPS) is 12.3. The highest BCUT2D eigenvalue weighted by atomic mass is 16.1. The van der Waals surface area contributed by atoms with E-state index in [1.165, 1.54) is 0 Å². The molecule has 1 heterocycles. The first-order valence-electron chi connectivity index (χ1n) is 6.05. The number of H-pyrrole nitrogens is 1. The zero-order chi connectivity index (χ0) is 12.6. The fourth-order valence-electron chi connectivity index (χ4n) is 2.44. The van der Waals surface area contributed by atoms with Crippen LogP contribution in [0, 0.1) is 5.92 Å². The number of carbonyl (C=O) groups is 1. The van der Waals surface area contributed by atoms with E-state index in [2.05, 4.69) is 11.1 Å². The molecular formula is C15H19NO. The Morgan fingerprint density at radius 2 is 1.88 bits per heavy atom. The van der Waals surface area contributed by atoms with E-state index >= 15 is 0 Å². The van der Waals surface area contributed by atoms with Crippen molar-refractivity contribution in [2.24, 2.45) is 5.92 Å². The average Bonchev–Trinajstić information content (AvgIpc) is 2.72. The predicted molar refractivity (Wildman–Crippen MR) is 71.2 cm³/mol. The lowest BCUT2D eigenvalue weighted by atomic mass is 9.76. The molecule has 0 radical (unpaired) electrons. The summed E-state index contributed by atoms with van der Waals surface area (Å²) in [6.07, 6.45) is 1.96. The number of carbonyl (C=O) groups excluding carboxylic acids is 1. The van der Waals surface area contributed by atoms with E-state index in [-0.39, 0.29) is 11.7 Å². The molecule has 0 amide bonds. The number of nitrogens with one attached hydrogen (secondary N) is 1. The minimum absolute atomic E-state index is 0.0543. The lowest BCUT2D eigenvalue weighted by molar-refractivity contribution is -0.126. The van der Waals surface area contributed by atoms with Crippen molar-refractivity contribution in [3.05, 3.63) is 36.0 Å². The summed E-state index contributed by atoms with van der Waals surface area (Å²) in [4.78, 5) is 15.5. The van der Waals surface area contributed by atoms with Gasteiger partial charge in [0.15, 0.2) is 0 Å². The van der Waals surface area contributed by atoms with Gasteiger partial charge in [-0.05, 0) is 25.5 Å². The molecule has 2 aromatic rings. The highest BCUT2D eigenvalue weighted by Crippen LogP contribution is 2.32. The largest absolute Gasteiger partial charge is 0.361 e. The molecule has 0 saturated carbocycles.